The predicted molar refractivity (Wildman–Crippen MR) is 98.5 cm³/mol. The summed E-state index contributed by atoms with van der Waals surface area (Å²) in [6.45, 7) is 8.50. The highest BCUT2D eigenvalue weighted by Crippen LogP contribution is 2.20. The number of ether oxygens (including phenoxy) is 1. The molecule has 1 heterocycles. The average molecular weight is 395 g/mol. The molecule has 0 bridgehead atoms. The number of carbonyl (C=O) groups is 1. The standard InChI is InChI=1S/C17H25N5O4S/c1-5-10-22-16(18-19-20-22)12-26-17(23)15-11-14(9-8-13(15)4)27(24,25)21(6-2)7-3/h8-9,11H,5-7,10,12H2,1-4H3. The first-order valence-corrected chi connectivity index (χ1v) is 10.3. The fourth-order valence-corrected chi connectivity index (χ4v) is 4.10. The molecular weight excluding hydrogens is 370 g/mol. The van der Waals surface area contributed by atoms with Crippen molar-refractivity contribution in [2.45, 2.75) is 52.2 Å². The summed E-state index contributed by atoms with van der Waals surface area (Å²) in [5, 5.41) is 11.3. The van der Waals surface area contributed by atoms with Gasteiger partial charge in [0.25, 0.3) is 0 Å². The highest BCUT2D eigenvalue weighted by Gasteiger charge is 2.24. The minimum absolute atomic E-state index is 0.0690. The fraction of sp³-hybridized carbons (Fsp3) is 0.529. The van der Waals surface area contributed by atoms with E-state index in [9.17, 15) is 13.2 Å². The first-order chi connectivity index (χ1) is 12.8. The molecule has 0 amide bonds. The molecular formula is C17H25N5O4S. The third-order valence-corrected chi connectivity index (χ3v) is 6.19. The molecule has 0 saturated heterocycles. The third kappa shape index (κ3) is 4.69. The topological polar surface area (TPSA) is 107 Å². The van der Waals surface area contributed by atoms with Gasteiger partial charge in [0.15, 0.2) is 12.4 Å². The second kappa shape index (κ2) is 9.05. The molecule has 0 atom stereocenters. The Hall–Kier alpha value is -2.33. The monoisotopic (exact) mass is 395 g/mol. The molecule has 0 aliphatic rings. The van der Waals surface area contributed by atoms with Crippen molar-refractivity contribution in [2.24, 2.45) is 0 Å². The predicted octanol–water partition coefficient (Wildman–Crippen LogP) is 1.78. The number of sulfonamides is 1. The van der Waals surface area contributed by atoms with Crippen LogP contribution >= 0.6 is 0 Å². The van der Waals surface area contributed by atoms with Crippen molar-refractivity contribution in [3.05, 3.63) is 35.2 Å². The van der Waals surface area contributed by atoms with Gasteiger partial charge in [0.2, 0.25) is 10.0 Å². The second-order valence-electron chi connectivity index (χ2n) is 5.96. The Balaban J connectivity index is 2.22. The highest BCUT2D eigenvalue weighted by molar-refractivity contribution is 7.89. The van der Waals surface area contributed by atoms with E-state index in [1.807, 2.05) is 6.92 Å². The number of carbonyl (C=O) groups excluding carboxylic acids is 1. The lowest BCUT2D eigenvalue weighted by atomic mass is 10.1. The van der Waals surface area contributed by atoms with E-state index in [0.717, 1.165) is 6.42 Å². The number of aryl methyl sites for hydroxylation is 2. The summed E-state index contributed by atoms with van der Waals surface area (Å²) < 4.78 is 33.6. The first-order valence-electron chi connectivity index (χ1n) is 8.88. The van der Waals surface area contributed by atoms with Crippen LogP contribution in [0.5, 0.6) is 0 Å². The molecule has 0 spiro atoms. The second-order valence-corrected chi connectivity index (χ2v) is 7.90. The molecule has 2 aromatic rings. The number of esters is 1. The van der Waals surface area contributed by atoms with Crippen LogP contribution in [0.4, 0.5) is 0 Å². The van der Waals surface area contributed by atoms with Crippen molar-refractivity contribution in [1.29, 1.82) is 0 Å². The zero-order valence-electron chi connectivity index (χ0n) is 16.0. The molecule has 148 valence electrons. The van der Waals surface area contributed by atoms with Gasteiger partial charge in [-0.2, -0.15) is 4.31 Å². The van der Waals surface area contributed by atoms with Gasteiger partial charge in [-0.1, -0.05) is 26.8 Å². The van der Waals surface area contributed by atoms with Crippen LogP contribution in [0.2, 0.25) is 0 Å². The molecule has 0 saturated carbocycles. The van der Waals surface area contributed by atoms with Gasteiger partial charge < -0.3 is 4.74 Å². The normalized spacial score (nSPS) is 11.7. The average Bonchev–Trinajstić information content (AvgIpc) is 3.08. The molecule has 27 heavy (non-hydrogen) atoms. The quantitative estimate of drug-likeness (QED) is 0.596. The minimum atomic E-state index is -3.66. The van der Waals surface area contributed by atoms with Gasteiger partial charge in [-0.25, -0.2) is 17.9 Å². The van der Waals surface area contributed by atoms with E-state index in [4.69, 9.17) is 4.74 Å². The lowest BCUT2D eigenvalue weighted by Gasteiger charge is -2.19. The number of rotatable bonds is 9. The number of benzene rings is 1. The molecule has 1 aromatic heterocycles. The highest BCUT2D eigenvalue weighted by atomic mass is 32.2. The van der Waals surface area contributed by atoms with E-state index in [1.165, 1.54) is 16.4 Å². The number of aromatic nitrogens is 4. The third-order valence-electron chi connectivity index (χ3n) is 4.15. The zero-order valence-corrected chi connectivity index (χ0v) is 16.9. The van der Waals surface area contributed by atoms with E-state index in [2.05, 4.69) is 15.5 Å². The van der Waals surface area contributed by atoms with Gasteiger partial charge in [0.05, 0.1) is 10.5 Å². The number of tetrazole rings is 1. The summed E-state index contributed by atoms with van der Waals surface area (Å²) in [5.74, 6) is -0.176. The lowest BCUT2D eigenvalue weighted by Crippen LogP contribution is -2.30. The van der Waals surface area contributed by atoms with Gasteiger partial charge in [-0.15, -0.1) is 5.10 Å². The van der Waals surface area contributed by atoms with E-state index < -0.39 is 16.0 Å². The Kier molecular flexibility index (Phi) is 7.03. The van der Waals surface area contributed by atoms with Crippen LogP contribution < -0.4 is 0 Å². The summed E-state index contributed by atoms with van der Waals surface area (Å²) >= 11 is 0. The summed E-state index contributed by atoms with van der Waals surface area (Å²) in [6, 6.07) is 4.47. The van der Waals surface area contributed by atoms with Gasteiger partial charge >= 0.3 is 5.97 Å². The molecule has 0 aliphatic carbocycles. The van der Waals surface area contributed by atoms with E-state index in [1.54, 1.807) is 31.5 Å². The Bertz CT molecular complexity index is 890. The van der Waals surface area contributed by atoms with Crippen molar-refractivity contribution in [3.8, 4) is 0 Å². The summed E-state index contributed by atoms with van der Waals surface area (Å²) in [7, 11) is -3.66. The molecule has 2 rings (SSSR count). The Morgan fingerprint density at radius 2 is 1.93 bits per heavy atom. The van der Waals surface area contributed by atoms with Crippen LogP contribution in [-0.2, 0) is 27.9 Å². The van der Waals surface area contributed by atoms with Crippen LogP contribution in [0.25, 0.3) is 0 Å². The molecule has 10 heteroatoms. The number of hydrogen-bond donors (Lipinski definition) is 0. The van der Waals surface area contributed by atoms with Crippen LogP contribution in [0, 0.1) is 6.92 Å². The molecule has 0 unspecified atom stereocenters. The van der Waals surface area contributed by atoms with Crippen molar-refractivity contribution in [2.75, 3.05) is 13.1 Å². The van der Waals surface area contributed by atoms with Gasteiger partial charge in [-0.3, -0.25) is 0 Å². The van der Waals surface area contributed by atoms with Crippen LogP contribution in [0.15, 0.2) is 23.1 Å². The van der Waals surface area contributed by atoms with E-state index in [-0.39, 0.29) is 17.1 Å². The Labute approximate surface area is 159 Å². The van der Waals surface area contributed by atoms with E-state index in [0.29, 0.717) is 31.0 Å². The first kappa shape index (κ1) is 21.0. The maximum absolute atomic E-state index is 12.7. The van der Waals surface area contributed by atoms with Crippen LogP contribution in [0.3, 0.4) is 0 Å². The molecule has 0 aliphatic heterocycles. The molecule has 9 nitrogen and oxygen atoms in total. The van der Waals surface area contributed by atoms with Crippen LogP contribution in [0.1, 0.15) is 48.9 Å². The number of nitrogens with zero attached hydrogens (tertiary/aromatic N) is 5. The van der Waals surface area contributed by atoms with Crippen molar-refractivity contribution in [1.82, 2.24) is 24.5 Å². The molecule has 0 fully saturated rings. The zero-order chi connectivity index (χ0) is 20.0. The summed E-state index contributed by atoms with van der Waals surface area (Å²) in [6.07, 6.45) is 0.844. The molecule has 0 radical (unpaired) electrons. The molecule has 1 aromatic carbocycles. The summed E-state index contributed by atoms with van der Waals surface area (Å²) in [5.41, 5.74) is 0.837. The van der Waals surface area contributed by atoms with Gasteiger partial charge in [0.1, 0.15) is 0 Å². The van der Waals surface area contributed by atoms with Crippen molar-refractivity contribution >= 4 is 16.0 Å². The lowest BCUT2D eigenvalue weighted by molar-refractivity contribution is 0.0455. The molecule has 0 N–H and O–H groups in total. The van der Waals surface area contributed by atoms with Crippen LogP contribution in [-0.4, -0.2) is 52.0 Å². The van der Waals surface area contributed by atoms with Gasteiger partial charge in [0, 0.05) is 19.6 Å². The van der Waals surface area contributed by atoms with Gasteiger partial charge in [-0.05, 0) is 41.5 Å². The number of hydrogen-bond acceptors (Lipinski definition) is 7. The Morgan fingerprint density at radius 1 is 1.22 bits per heavy atom. The van der Waals surface area contributed by atoms with Crippen molar-refractivity contribution in [3.63, 3.8) is 0 Å². The van der Waals surface area contributed by atoms with E-state index >= 15 is 0 Å². The van der Waals surface area contributed by atoms with Crippen molar-refractivity contribution < 1.29 is 17.9 Å². The maximum Gasteiger partial charge on any atom is 0.338 e. The maximum atomic E-state index is 12.7. The summed E-state index contributed by atoms with van der Waals surface area (Å²) in [4.78, 5) is 12.6. The minimum Gasteiger partial charge on any atom is -0.454 e. The SMILES string of the molecule is CCCn1nnnc1COC(=O)c1cc(S(=O)(=O)N(CC)CC)ccc1C. The Morgan fingerprint density at radius 3 is 2.56 bits per heavy atom. The fourth-order valence-electron chi connectivity index (χ4n) is 2.61. The largest absolute Gasteiger partial charge is 0.454 e. The smallest absolute Gasteiger partial charge is 0.338 e.